The van der Waals surface area contributed by atoms with Gasteiger partial charge in [0.05, 0.1) is 23.1 Å². The Morgan fingerprint density at radius 2 is 2.28 bits per heavy atom. The third-order valence-corrected chi connectivity index (χ3v) is 2.51. The van der Waals surface area contributed by atoms with Crippen LogP contribution in [0.3, 0.4) is 0 Å². The Balaban J connectivity index is 2.60. The smallest absolute Gasteiger partial charge is 0.358 e. The Labute approximate surface area is 107 Å². The first kappa shape index (κ1) is 12.0. The number of benzene rings is 1. The molecule has 6 nitrogen and oxygen atoms in total. The molecule has 0 atom stereocenters. The number of halogens is 1. The van der Waals surface area contributed by atoms with E-state index in [1.54, 1.807) is 12.1 Å². The fourth-order valence-electron chi connectivity index (χ4n) is 1.47. The van der Waals surface area contributed by atoms with Crippen LogP contribution in [0.4, 0.5) is 5.69 Å². The number of hydrogen-bond donors (Lipinski definition) is 2. The summed E-state index contributed by atoms with van der Waals surface area (Å²) in [6.45, 7) is 0. The molecule has 0 unspecified atom stereocenters. The van der Waals surface area contributed by atoms with Crippen LogP contribution in [0.5, 0.6) is 0 Å². The molecule has 1 heterocycles. The summed E-state index contributed by atoms with van der Waals surface area (Å²) in [5.41, 5.74) is 6.00. The number of carbonyl (C=O) groups is 1. The molecule has 18 heavy (non-hydrogen) atoms. The van der Waals surface area contributed by atoms with Crippen LogP contribution in [0.2, 0.25) is 5.02 Å². The van der Waals surface area contributed by atoms with E-state index in [-0.39, 0.29) is 16.9 Å². The number of carboxylic acid groups (broad SMARTS) is 1. The number of nitrogens with two attached hydrogens (primary N) is 1. The van der Waals surface area contributed by atoms with Crippen molar-refractivity contribution in [3.8, 4) is 11.8 Å². The third-order valence-electron chi connectivity index (χ3n) is 2.27. The lowest BCUT2D eigenvalue weighted by Gasteiger charge is -2.03. The van der Waals surface area contributed by atoms with Gasteiger partial charge < -0.3 is 10.8 Å². The summed E-state index contributed by atoms with van der Waals surface area (Å²) in [4.78, 5) is 10.8. The zero-order valence-corrected chi connectivity index (χ0v) is 9.72. The summed E-state index contributed by atoms with van der Waals surface area (Å²) in [6.07, 6.45) is 1.34. The number of carboxylic acids is 1. The lowest BCUT2D eigenvalue weighted by atomic mass is 10.2. The van der Waals surface area contributed by atoms with Crippen molar-refractivity contribution in [3.05, 3.63) is 40.7 Å². The van der Waals surface area contributed by atoms with Gasteiger partial charge in [-0.3, -0.25) is 0 Å². The fraction of sp³-hybridized carbons (Fsp3) is 0. The number of anilines is 1. The van der Waals surface area contributed by atoms with Gasteiger partial charge in [-0.15, -0.1) is 0 Å². The van der Waals surface area contributed by atoms with Gasteiger partial charge in [0.2, 0.25) is 0 Å². The molecule has 0 spiro atoms. The minimum absolute atomic E-state index is 0.0290. The lowest BCUT2D eigenvalue weighted by molar-refractivity contribution is 0.0691. The molecule has 0 radical (unpaired) electrons. The maximum absolute atomic E-state index is 10.8. The summed E-state index contributed by atoms with van der Waals surface area (Å²) >= 11 is 5.77. The predicted molar refractivity (Wildman–Crippen MR) is 64.7 cm³/mol. The number of hydrogen-bond acceptors (Lipinski definition) is 4. The molecule has 0 aliphatic heterocycles. The molecule has 0 saturated heterocycles. The number of aromatic carboxylic acids is 1. The van der Waals surface area contributed by atoms with Crippen molar-refractivity contribution >= 4 is 23.3 Å². The molecule has 2 aromatic rings. The lowest BCUT2D eigenvalue weighted by Crippen LogP contribution is -2.03. The SMILES string of the molecule is N#Cc1cc(Cl)ccc1-n1cc(N)c(C(=O)O)n1. The number of nitriles is 1. The first-order valence-electron chi connectivity index (χ1n) is 4.81. The molecule has 3 N–H and O–H groups in total. The van der Waals surface area contributed by atoms with E-state index < -0.39 is 5.97 Å². The molecule has 1 aromatic carbocycles. The zero-order chi connectivity index (χ0) is 13.3. The third kappa shape index (κ3) is 1.99. The minimum atomic E-state index is -1.22. The summed E-state index contributed by atoms with van der Waals surface area (Å²) in [6, 6.07) is 6.57. The summed E-state index contributed by atoms with van der Waals surface area (Å²) < 4.78 is 1.24. The maximum Gasteiger partial charge on any atom is 0.358 e. The van der Waals surface area contributed by atoms with E-state index in [0.29, 0.717) is 10.7 Å². The van der Waals surface area contributed by atoms with Crippen molar-refractivity contribution in [2.75, 3.05) is 5.73 Å². The van der Waals surface area contributed by atoms with Crippen molar-refractivity contribution in [1.29, 1.82) is 5.26 Å². The van der Waals surface area contributed by atoms with Gasteiger partial charge in [0.25, 0.3) is 0 Å². The van der Waals surface area contributed by atoms with Crippen molar-refractivity contribution in [1.82, 2.24) is 9.78 Å². The van der Waals surface area contributed by atoms with Crippen LogP contribution in [-0.4, -0.2) is 20.9 Å². The predicted octanol–water partition coefficient (Wildman–Crippen LogP) is 1.68. The molecule has 1 aromatic heterocycles. The van der Waals surface area contributed by atoms with E-state index in [4.69, 9.17) is 27.7 Å². The highest BCUT2D eigenvalue weighted by atomic mass is 35.5. The Bertz CT molecular complexity index is 672. The fourth-order valence-corrected chi connectivity index (χ4v) is 1.65. The largest absolute Gasteiger partial charge is 0.476 e. The van der Waals surface area contributed by atoms with Crippen LogP contribution in [-0.2, 0) is 0 Å². The van der Waals surface area contributed by atoms with Gasteiger partial charge in [0, 0.05) is 5.02 Å². The van der Waals surface area contributed by atoms with Crippen LogP contribution >= 0.6 is 11.6 Å². The maximum atomic E-state index is 10.8. The summed E-state index contributed by atoms with van der Waals surface area (Å²) in [5, 5.41) is 22.1. The van der Waals surface area contributed by atoms with Gasteiger partial charge >= 0.3 is 5.97 Å². The second-order valence-corrected chi connectivity index (χ2v) is 3.89. The molecule has 0 fully saturated rings. The zero-order valence-electron chi connectivity index (χ0n) is 8.96. The molecule has 2 rings (SSSR count). The molecule has 7 heteroatoms. The molecular formula is C11H7ClN4O2. The Morgan fingerprint density at radius 1 is 1.56 bits per heavy atom. The average molecular weight is 263 g/mol. The van der Waals surface area contributed by atoms with Gasteiger partial charge in [0.1, 0.15) is 6.07 Å². The topological polar surface area (TPSA) is 105 Å². The van der Waals surface area contributed by atoms with Crippen molar-refractivity contribution < 1.29 is 9.90 Å². The van der Waals surface area contributed by atoms with Crippen LogP contribution < -0.4 is 5.73 Å². The van der Waals surface area contributed by atoms with Gasteiger partial charge in [-0.25, -0.2) is 9.48 Å². The Hall–Kier alpha value is -2.52. The van der Waals surface area contributed by atoms with E-state index in [1.807, 2.05) is 6.07 Å². The van der Waals surface area contributed by atoms with Crippen molar-refractivity contribution in [3.63, 3.8) is 0 Å². The monoisotopic (exact) mass is 262 g/mol. The second-order valence-electron chi connectivity index (χ2n) is 3.46. The number of nitrogen functional groups attached to an aromatic ring is 1. The van der Waals surface area contributed by atoms with Gasteiger partial charge in [0.15, 0.2) is 5.69 Å². The molecule has 0 saturated carbocycles. The average Bonchev–Trinajstić information content (AvgIpc) is 2.71. The van der Waals surface area contributed by atoms with E-state index in [0.717, 1.165) is 0 Å². The summed E-state index contributed by atoms with van der Waals surface area (Å²) in [5.74, 6) is -1.22. The highest BCUT2D eigenvalue weighted by molar-refractivity contribution is 6.30. The van der Waals surface area contributed by atoms with Gasteiger partial charge in [-0.1, -0.05) is 11.6 Å². The van der Waals surface area contributed by atoms with E-state index in [9.17, 15) is 4.79 Å². The summed E-state index contributed by atoms with van der Waals surface area (Å²) in [7, 11) is 0. The quantitative estimate of drug-likeness (QED) is 0.856. The molecule has 0 bridgehead atoms. The van der Waals surface area contributed by atoms with Crippen LogP contribution in [0.15, 0.2) is 24.4 Å². The molecule has 0 amide bonds. The van der Waals surface area contributed by atoms with Crippen LogP contribution in [0, 0.1) is 11.3 Å². The normalized spacial score (nSPS) is 10.0. The first-order valence-corrected chi connectivity index (χ1v) is 5.19. The first-order chi connectivity index (χ1) is 8.52. The number of aromatic nitrogens is 2. The second kappa shape index (κ2) is 4.39. The highest BCUT2D eigenvalue weighted by Crippen LogP contribution is 2.20. The molecular weight excluding hydrogens is 256 g/mol. The Morgan fingerprint density at radius 3 is 2.83 bits per heavy atom. The number of rotatable bonds is 2. The molecule has 0 aliphatic rings. The van der Waals surface area contributed by atoms with Gasteiger partial charge in [-0.2, -0.15) is 10.4 Å². The Kier molecular flexibility index (Phi) is 2.92. The van der Waals surface area contributed by atoms with Crippen molar-refractivity contribution in [2.24, 2.45) is 0 Å². The van der Waals surface area contributed by atoms with E-state index in [2.05, 4.69) is 5.10 Å². The standard InChI is InChI=1S/C11H7ClN4O2/c12-7-1-2-9(6(3-7)4-13)16-5-8(14)10(15-16)11(17)18/h1-3,5H,14H2,(H,17,18). The van der Waals surface area contributed by atoms with E-state index in [1.165, 1.54) is 16.9 Å². The molecule has 0 aliphatic carbocycles. The van der Waals surface area contributed by atoms with Crippen molar-refractivity contribution in [2.45, 2.75) is 0 Å². The highest BCUT2D eigenvalue weighted by Gasteiger charge is 2.15. The van der Waals surface area contributed by atoms with Gasteiger partial charge in [-0.05, 0) is 18.2 Å². The van der Waals surface area contributed by atoms with Crippen LogP contribution in [0.25, 0.3) is 5.69 Å². The number of nitrogens with zero attached hydrogens (tertiary/aromatic N) is 3. The van der Waals surface area contributed by atoms with E-state index >= 15 is 0 Å². The van der Waals surface area contributed by atoms with Crippen LogP contribution in [0.1, 0.15) is 16.1 Å². The molecule has 90 valence electrons. The minimum Gasteiger partial charge on any atom is -0.476 e.